The van der Waals surface area contributed by atoms with Gasteiger partial charge in [-0.05, 0) is 43.2 Å². The van der Waals surface area contributed by atoms with Gasteiger partial charge in [0.15, 0.2) is 5.78 Å². The number of benzene rings is 2. The van der Waals surface area contributed by atoms with Gasteiger partial charge >= 0.3 is 0 Å². The molecule has 116 valence electrons. The summed E-state index contributed by atoms with van der Waals surface area (Å²) in [6.45, 7) is 3.81. The van der Waals surface area contributed by atoms with Crippen LogP contribution in [0.4, 0.5) is 4.39 Å². The Morgan fingerprint density at radius 1 is 1.13 bits per heavy atom. The molecule has 1 aromatic heterocycles. The number of carbonyl (C=O) groups excluding carboxylic acids is 1. The van der Waals surface area contributed by atoms with E-state index in [4.69, 9.17) is 0 Å². The molecule has 0 fully saturated rings. The molecule has 3 rings (SSSR count). The number of rotatable bonds is 3. The lowest BCUT2D eigenvalue weighted by atomic mass is 10.0. The molecule has 0 aliphatic rings. The largest absolute Gasteiger partial charge is 0.292 e. The van der Waals surface area contributed by atoms with E-state index < -0.39 is 5.82 Å². The fraction of sp³-hybridized carbons (Fsp3) is 0.167. The van der Waals surface area contributed by atoms with E-state index in [9.17, 15) is 14.0 Å². The summed E-state index contributed by atoms with van der Waals surface area (Å²) in [5.74, 6) is -0.619. The summed E-state index contributed by atoms with van der Waals surface area (Å²) in [5.41, 5.74) is 2.61. The third-order valence-corrected chi connectivity index (χ3v) is 3.93. The summed E-state index contributed by atoms with van der Waals surface area (Å²) < 4.78 is 14.4. The number of halogens is 1. The Morgan fingerprint density at radius 3 is 2.65 bits per heavy atom. The van der Waals surface area contributed by atoms with Gasteiger partial charge in [-0.2, -0.15) is 0 Å². The minimum absolute atomic E-state index is 0.0956. The quantitative estimate of drug-likeness (QED) is 0.699. The van der Waals surface area contributed by atoms with Gasteiger partial charge in [0.25, 0.3) is 5.56 Å². The molecule has 0 N–H and O–H groups in total. The van der Waals surface area contributed by atoms with Crippen LogP contribution in [0.3, 0.4) is 0 Å². The molecular formula is C18H15FN2O2. The number of carbonyl (C=O) groups is 1. The standard InChI is InChI=1S/C18H15FN2O2/c1-11-3-4-13(7-12(11)2)17(22)9-21-10-20-16-8-14(19)5-6-15(16)18(21)23/h3-8,10H,9H2,1-2H3. The molecule has 0 radical (unpaired) electrons. The van der Waals surface area contributed by atoms with Crippen LogP contribution in [0.1, 0.15) is 21.5 Å². The summed E-state index contributed by atoms with van der Waals surface area (Å²) in [6, 6.07) is 9.24. The first-order chi connectivity index (χ1) is 11.0. The van der Waals surface area contributed by atoms with Gasteiger partial charge in [0.1, 0.15) is 5.82 Å². The maximum atomic E-state index is 13.2. The van der Waals surface area contributed by atoms with Crippen molar-refractivity contribution in [2.24, 2.45) is 0 Å². The van der Waals surface area contributed by atoms with E-state index in [-0.39, 0.29) is 23.4 Å². The van der Waals surface area contributed by atoms with Crippen molar-refractivity contribution in [2.75, 3.05) is 0 Å². The van der Waals surface area contributed by atoms with Crippen molar-refractivity contribution < 1.29 is 9.18 Å². The minimum Gasteiger partial charge on any atom is -0.292 e. The first-order valence-electron chi connectivity index (χ1n) is 7.21. The molecule has 0 amide bonds. The first-order valence-corrected chi connectivity index (χ1v) is 7.21. The van der Waals surface area contributed by atoms with Gasteiger partial charge < -0.3 is 0 Å². The SMILES string of the molecule is Cc1ccc(C(=O)Cn2cnc3cc(F)ccc3c2=O)cc1C. The zero-order chi connectivity index (χ0) is 16.6. The monoisotopic (exact) mass is 310 g/mol. The van der Waals surface area contributed by atoms with Gasteiger partial charge in [-0.3, -0.25) is 14.2 Å². The van der Waals surface area contributed by atoms with Crippen LogP contribution in [0, 0.1) is 19.7 Å². The normalized spacial score (nSPS) is 10.9. The van der Waals surface area contributed by atoms with Crippen molar-refractivity contribution >= 4 is 16.7 Å². The average Bonchev–Trinajstić information content (AvgIpc) is 2.52. The van der Waals surface area contributed by atoms with Crippen molar-refractivity contribution in [3.8, 4) is 0 Å². The maximum absolute atomic E-state index is 13.2. The highest BCUT2D eigenvalue weighted by Crippen LogP contribution is 2.12. The highest BCUT2D eigenvalue weighted by Gasteiger charge is 2.11. The Kier molecular flexibility index (Phi) is 3.78. The highest BCUT2D eigenvalue weighted by molar-refractivity contribution is 5.96. The second-order valence-electron chi connectivity index (χ2n) is 5.56. The van der Waals surface area contributed by atoms with Crippen molar-refractivity contribution in [3.05, 3.63) is 75.6 Å². The third-order valence-electron chi connectivity index (χ3n) is 3.93. The molecule has 0 atom stereocenters. The van der Waals surface area contributed by atoms with Gasteiger partial charge in [0.2, 0.25) is 0 Å². The van der Waals surface area contributed by atoms with Crippen LogP contribution in [0.2, 0.25) is 0 Å². The molecule has 0 bridgehead atoms. The fourth-order valence-electron chi connectivity index (χ4n) is 2.40. The Bertz CT molecular complexity index is 976. The molecule has 5 heteroatoms. The van der Waals surface area contributed by atoms with E-state index >= 15 is 0 Å². The highest BCUT2D eigenvalue weighted by atomic mass is 19.1. The Balaban J connectivity index is 1.96. The zero-order valence-electron chi connectivity index (χ0n) is 12.8. The molecule has 0 unspecified atom stereocenters. The van der Waals surface area contributed by atoms with E-state index in [0.717, 1.165) is 11.1 Å². The van der Waals surface area contributed by atoms with E-state index in [1.54, 1.807) is 6.07 Å². The zero-order valence-corrected chi connectivity index (χ0v) is 12.8. The molecule has 0 aliphatic heterocycles. The van der Waals surface area contributed by atoms with Crippen molar-refractivity contribution in [3.63, 3.8) is 0 Å². The molecule has 0 spiro atoms. The van der Waals surface area contributed by atoms with E-state index in [0.29, 0.717) is 10.9 Å². The topological polar surface area (TPSA) is 52.0 Å². The van der Waals surface area contributed by atoms with Crippen LogP contribution >= 0.6 is 0 Å². The van der Waals surface area contributed by atoms with Crippen LogP contribution in [0.15, 0.2) is 47.5 Å². The van der Waals surface area contributed by atoms with E-state index in [1.807, 2.05) is 26.0 Å². The second-order valence-corrected chi connectivity index (χ2v) is 5.56. The van der Waals surface area contributed by atoms with E-state index in [1.165, 1.54) is 29.1 Å². The van der Waals surface area contributed by atoms with Gasteiger partial charge in [-0.25, -0.2) is 9.37 Å². The van der Waals surface area contributed by atoms with Gasteiger partial charge in [0.05, 0.1) is 23.8 Å². The van der Waals surface area contributed by atoms with Gasteiger partial charge in [-0.15, -0.1) is 0 Å². The number of hydrogen-bond donors (Lipinski definition) is 0. The summed E-state index contributed by atoms with van der Waals surface area (Å²) in [5, 5.41) is 0.293. The number of Topliss-reactive ketones (excluding diaryl/α,β-unsaturated/α-hetero) is 1. The van der Waals surface area contributed by atoms with Crippen LogP contribution in [-0.2, 0) is 6.54 Å². The number of fused-ring (bicyclic) bond motifs is 1. The lowest BCUT2D eigenvalue weighted by Crippen LogP contribution is -2.24. The van der Waals surface area contributed by atoms with Crippen LogP contribution in [0.25, 0.3) is 10.9 Å². The van der Waals surface area contributed by atoms with Gasteiger partial charge in [-0.1, -0.05) is 12.1 Å². The maximum Gasteiger partial charge on any atom is 0.261 e. The van der Waals surface area contributed by atoms with Crippen molar-refractivity contribution in [1.29, 1.82) is 0 Å². The number of ketones is 1. The number of hydrogen-bond acceptors (Lipinski definition) is 3. The summed E-state index contributed by atoms with van der Waals surface area (Å²) in [7, 11) is 0. The summed E-state index contributed by atoms with van der Waals surface area (Å²) in [6.07, 6.45) is 1.28. The molecule has 1 heterocycles. The van der Waals surface area contributed by atoms with Gasteiger partial charge in [0, 0.05) is 11.6 Å². The molecular weight excluding hydrogens is 295 g/mol. The van der Waals surface area contributed by atoms with E-state index in [2.05, 4.69) is 4.98 Å². The molecule has 2 aromatic carbocycles. The smallest absolute Gasteiger partial charge is 0.261 e. The molecule has 4 nitrogen and oxygen atoms in total. The minimum atomic E-state index is -0.451. The Hall–Kier alpha value is -2.82. The third kappa shape index (κ3) is 2.90. The Morgan fingerprint density at radius 2 is 1.91 bits per heavy atom. The molecule has 3 aromatic rings. The first kappa shape index (κ1) is 15.1. The van der Waals surface area contributed by atoms with Crippen molar-refractivity contribution in [1.82, 2.24) is 9.55 Å². The molecule has 0 saturated carbocycles. The summed E-state index contributed by atoms with van der Waals surface area (Å²) >= 11 is 0. The van der Waals surface area contributed by atoms with Crippen molar-refractivity contribution in [2.45, 2.75) is 20.4 Å². The van der Waals surface area contributed by atoms with Crippen LogP contribution in [0.5, 0.6) is 0 Å². The molecule has 0 saturated heterocycles. The Labute approximate surface area is 132 Å². The van der Waals surface area contributed by atoms with Crippen LogP contribution in [-0.4, -0.2) is 15.3 Å². The lowest BCUT2D eigenvalue weighted by Gasteiger charge is -2.08. The van der Waals surface area contributed by atoms with Crippen LogP contribution < -0.4 is 5.56 Å². The second kappa shape index (κ2) is 5.76. The summed E-state index contributed by atoms with van der Waals surface area (Å²) in [4.78, 5) is 28.8. The molecule has 0 aliphatic carbocycles. The number of aromatic nitrogens is 2. The fourth-order valence-corrected chi connectivity index (χ4v) is 2.40. The predicted octanol–water partition coefficient (Wildman–Crippen LogP) is 3.04. The average molecular weight is 310 g/mol. The lowest BCUT2D eigenvalue weighted by molar-refractivity contribution is 0.0970. The predicted molar refractivity (Wildman–Crippen MR) is 86.2 cm³/mol. The number of aryl methyl sites for hydroxylation is 2. The molecule has 23 heavy (non-hydrogen) atoms. The number of nitrogens with zero attached hydrogens (tertiary/aromatic N) is 2.